The quantitative estimate of drug-likeness (QED) is 0.910. The third kappa shape index (κ3) is 3.29. The topological polar surface area (TPSA) is 57.8 Å². The predicted molar refractivity (Wildman–Crippen MR) is 78.3 cm³/mol. The molecule has 110 valence electrons. The van der Waals surface area contributed by atoms with Crippen LogP contribution in [0.2, 0.25) is 0 Å². The van der Waals surface area contributed by atoms with Crippen LogP contribution in [0.25, 0.3) is 11.3 Å². The van der Waals surface area contributed by atoms with Gasteiger partial charge in [0.25, 0.3) is 5.91 Å². The van der Waals surface area contributed by atoms with Crippen LogP contribution >= 0.6 is 0 Å². The number of carbonyl (C=O) groups excluding carboxylic acids is 1. The number of aromatic nitrogens is 2. The van der Waals surface area contributed by atoms with Crippen LogP contribution in [0.4, 0.5) is 4.39 Å². The Bertz CT molecular complexity index is 615. The van der Waals surface area contributed by atoms with Gasteiger partial charge in [-0.05, 0) is 43.2 Å². The molecule has 1 amide bonds. The van der Waals surface area contributed by atoms with Gasteiger partial charge in [0.2, 0.25) is 0 Å². The normalized spacial score (nSPS) is 15.9. The number of hydrogen-bond donors (Lipinski definition) is 2. The summed E-state index contributed by atoms with van der Waals surface area (Å²) in [6.45, 7) is 0. The molecule has 2 N–H and O–H groups in total. The SMILES string of the molecule is O=C(NC1CCCCC1)c1cc(-c2ccc(F)cc2)n[nH]1. The number of hydrogen-bond acceptors (Lipinski definition) is 2. The molecule has 0 radical (unpaired) electrons. The zero-order chi connectivity index (χ0) is 14.7. The fraction of sp³-hybridized carbons (Fsp3) is 0.375. The molecule has 2 aromatic rings. The zero-order valence-electron chi connectivity index (χ0n) is 11.7. The van der Waals surface area contributed by atoms with Crippen molar-refractivity contribution >= 4 is 5.91 Å². The maximum atomic E-state index is 12.9. The second kappa shape index (κ2) is 6.08. The van der Waals surface area contributed by atoms with Crippen molar-refractivity contribution in [2.75, 3.05) is 0 Å². The molecule has 0 saturated heterocycles. The largest absolute Gasteiger partial charge is 0.348 e. The first-order valence-electron chi connectivity index (χ1n) is 7.34. The summed E-state index contributed by atoms with van der Waals surface area (Å²) < 4.78 is 12.9. The van der Waals surface area contributed by atoms with Gasteiger partial charge in [0.05, 0.1) is 5.69 Å². The first kappa shape index (κ1) is 13.8. The molecular formula is C16H18FN3O. The van der Waals surface area contributed by atoms with E-state index >= 15 is 0 Å². The highest BCUT2D eigenvalue weighted by atomic mass is 19.1. The Labute approximate surface area is 122 Å². The lowest BCUT2D eigenvalue weighted by molar-refractivity contribution is 0.0922. The molecule has 1 aromatic carbocycles. The summed E-state index contributed by atoms with van der Waals surface area (Å²) in [6, 6.07) is 8.02. The molecule has 21 heavy (non-hydrogen) atoms. The van der Waals surface area contributed by atoms with Gasteiger partial charge in [-0.25, -0.2) is 4.39 Å². The van der Waals surface area contributed by atoms with Crippen molar-refractivity contribution in [3.8, 4) is 11.3 Å². The standard InChI is InChI=1S/C16H18FN3O/c17-12-8-6-11(7-9-12)14-10-15(20-19-14)16(21)18-13-4-2-1-3-5-13/h6-10,13H,1-5H2,(H,18,21)(H,19,20). The molecule has 0 spiro atoms. The van der Waals surface area contributed by atoms with E-state index in [1.807, 2.05) is 0 Å². The Morgan fingerprint density at radius 3 is 2.62 bits per heavy atom. The van der Waals surface area contributed by atoms with E-state index in [0.717, 1.165) is 18.4 Å². The van der Waals surface area contributed by atoms with Crippen molar-refractivity contribution in [1.82, 2.24) is 15.5 Å². The lowest BCUT2D eigenvalue weighted by Crippen LogP contribution is -2.36. The number of benzene rings is 1. The minimum atomic E-state index is -0.287. The van der Waals surface area contributed by atoms with E-state index in [-0.39, 0.29) is 17.8 Å². The molecule has 1 aromatic heterocycles. The zero-order valence-corrected chi connectivity index (χ0v) is 11.7. The van der Waals surface area contributed by atoms with Gasteiger partial charge < -0.3 is 5.32 Å². The molecule has 1 fully saturated rings. The average Bonchev–Trinajstić information content (AvgIpc) is 2.99. The van der Waals surface area contributed by atoms with Crippen LogP contribution in [0, 0.1) is 5.82 Å². The van der Waals surface area contributed by atoms with Gasteiger partial charge >= 0.3 is 0 Å². The second-order valence-electron chi connectivity index (χ2n) is 5.48. The maximum absolute atomic E-state index is 12.9. The highest BCUT2D eigenvalue weighted by molar-refractivity contribution is 5.93. The molecule has 0 atom stereocenters. The second-order valence-corrected chi connectivity index (χ2v) is 5.48. The van der Waals surface area contributed by atoms with E-state index in [4.69, 9.17) is 0 Å². The van der Waals surface area contributed by atoms with Gasteiger partial charge in [-0.3, -0.25) is 9.89 Å². The summed E-state index contributed by atoms with van der Waals surface area (Å²) in [4.78, 5) is 12.2. The molecule has 5 heteroatoms. The van der Waals surface area contributed by atoms with Crippen molar-refractivity contribution < 1.29 is 9.18 Å². The smallest absolute Gasteiger partial charge is 0.269 e. The minimum Gasteiger partial charge on any atom is -0.348 e. The van der Waals surface area contributed by atoms with E-state index < -0.39 is 0 Å². The van der Waals surface area contributed by atoms with Gasteiger partial charge in [0.1, 0.15) is 11.5 Å². The van der Waals surface area contributed by atoms with Crippen molar-refractivity contribution in [2.45, 2.75) is 38.1 Å². The van der Waals surface area contributed by atoms with Crippen molar-refractivity contribution in [3.63, 3.8) is 0 Å². The number of H-pyrrole nitrogens is 1. The van der Waals surface area contributed by atoms with Crippen LogP contribution in [0.15, 0.2) is 30.3 Å². The Morgan fingerprint density at radius 2 is 1.90 bits per heavy atom. The molecule has 1 heterocycles. The van der Waals surface area contributed by atoms with Crippen LogP contribution < -0.4 is 5.32 Å². The summed E-state index contributed by atoms with van der Waals surface area (Å²) in [5.41, 5.74) is 1.87. The molecule has 0 bridgehead atoms. The lowest BCUT2D eigenvalue weighted by atomic mass is 9.95. The number of nitrogens with zero attached hydrogens (tertiary/aromatic N) is 1. The highest BCUT2D eigenvalue weighted by Gasteiger charge is 2.18. The summed E-state index contributed by atoms with van der Waals surface area (Å²) in [5, 5.41) is 9.91. The molecule has 0 aliphatic heterocycles. The van der Waals surface area contributed by atoms with Crippen LogP contribution in [-0.2, 0) is 0 Å². The van der Waals surface area contributed by atoms with Crippen molar-refractivity contribution in [1.29, 1.82) is 0 Å². The van der Waals surface area contributed by atoms with E-state index in [1.165, 1.54) is 31.4 Å². The summed E-state index contributed by atoms with van der Waals surface area (Å²) in [5.74, 6) is -0.410. The van der Waals surface area contributed by atoms with Crippen LogP contribution in [0.3, 0.4) is 0 Å². The molecule has 3 rings (SSSR count). The Kier molecular flexibility index (Phi) is 3.99. The van der Waals surface area contributed by atoms with Crippen molar-refractivity contribution in [3.05, 3.63) is 41.8 Å². The van der Waals surface area contributed by atoms with Gasteiger partial charge in [0, 0.05) is 11.6 Å². The number of carbonyl (C=O) groups is 1. The number of amides is 1. The third-order valence-electron chi connectivity index (χ3n) is 3.90. The predicted octanol–water partition coefficient (Wildman–Crippen LogP) is 3.28. The molecule has 0 unspecified atom stereocenters. The maximum Gasteiger partial charge on any atom is 0.269 e. The fourth-order valence-corrected chi connectivity index (χ4v) is 2.72. The number of nitrogens with one attached hydrogen (secondary N) is 2. The first-order valence-corrected chi connectivity index (χ1v) is 7.34. The van der Waals surface area contributed by atoms with Gasteiger partial charge in [-0.1, -0.05) is 19.3 Å². The molecule has 4 nitrogen and oxygen atoms in total. The van der Waals surface area contributed by atoms with Crippen LogP contribution in [-0.4, -0.2) is 22.1 Å². The van der Waals surface area contributed by atoms with Crippen LogP contribution in [0.5, 0.6) is 0 Å². The first-order chi connectivity index (χ1) is 10.2. The Hall–Kier alpha value is -2.17. The van der Waals surface area contributed by atoms with Gasteiger partial charge in [-0.15, -0.1) is 0 Å². The van der Waals surface area contributed by atoms with Crippen molar-refractivity contribution in [2.24, 2.45) is 0 Å². The molecule has 1 aliphatic rings. The highest BCUT2D eigenvalue weighted by Crippen LogP contribution is 2.20. The van der Waals surface area contributed by atoms with E-state index in [9.17, 15) is 9.18 Å². The lowest BCUT2D eigenvalue weighted by Gasteiger charge is -2.22. The molecule has 1 aliphatic carbocycles. The summed E-state index contributed by atoms with van der Waals surface area (Å²) in [7, 11) is 0. The monoisotopic (exact) mass is 287 g/mol. The average molecular weight is 287 g/mol. The van der Waals surface area contributed by atoms with E-state index in [1.54, 1.807) is 18.2 Å². The van der Waals surface area contributed by atoms with E-state index in [2.05, 4.69) is 15.5 Å². The Morgan fingerprint density at radius 1 is 1.19 bits per heavy atom. The van der Waals surface area contributed by atoms with E-state index in [0.29, 0.717) is 11.4 Å². The molecule has 1 saturated carbocycles. The van der Waals surface area contributed by atoms with Crippen LogP contribution in [0.1, 0.15) is 42.6 Å². The Balaban J connectivity index is 1.69. The minimum absolute atomic E-state index is 0.122. The fourth-order valence-electron chi connectivity index (χ4n) is 2.72. The van der Waals surface area contributed by atoms with Gasteiger partial charge in [-0.2, -0.15) is 5.10 Å². The third-order valence-corrected chi connectivity index (χ3v) is 3.90. The number of aromatic amines is 1. The number of rotatable bonds is 3. The molecular weight excluding hydrogens is 269 g/mol. The van der Waals surface area contributed by atoms with Gasteiger partial charge in [0.15, 0.2) is 0 Å². The summed E-state index contributed by atoms with van der Waals surface area (Å²) >= 11 is 0. The number of halogens is 1. The summed E-state index contributed by atoms with van der Waals surface area (Å²) in [6.07, 6.45) is 5.70.